The van der Waals surface area contributed by atoms with Crippen LogP contribution in [0.5, 0.6) is 0 Å². The molecule has 0 spiro atoms. The van der Waals surface area contributed by atoms with E-state index in [1.165, 1.54) is 0 Å². The van der Waals surface area contributed by atoms with Gasteiger partial charge in [0.1, 0.15) is 0 Å². The van der Waals surface area contributed by atoms with Crippen LogP contribution in [0.25, 0.3) is 0 Å². The summed E-state index contributed by atoms with van der Waals surface area (Å²) < 4.78 is 0. The second-order valence-corrected chi connectivity index (χ2v) is 5.92. The van der Waals surface area contributed by atoms with Crippen molar-refractivity contribution in [2.75, 3.05) is 39.3 Å². The van der Waals surface area contributed by atoms with Crippen molar-refractivity contribution in [3.8, 4) is 0 Å². The van der Waals surface area contributed by atoms with Crippen LogP contribution in [0.4, 0.5) is 0 Å². The van der Waals surface area contributed by atoms with Crippen molar-refractivity contribution in [1.29, 1.82) is 0 Å². The topological polar surface area (TPSA) is 87.4 Å². The molecule has 137 valence electrons. The second-order valence-electron chi connectivity index (χ2n) is 5.92. The third kappa shape index (κ3) is 16.9. The molecule has 0 saturated carbocycles. The molecule has 0 aromatic heterocycles. The van der Waals surface area contributed by atoms with Crippen LogP contribution in [0.3, 0.4) is 0 Å². The van der Waals surface area contributed by atoms with Gasteiger partial charge >= 0.3 is 16.8 Å². The van der Waals surface area contributed by atoms with Crippen LogP contribution >= 0.6 is 0 Å². The molecule has 4 unspecified atom stereocenters. The van der Waals surface area contributed by atoms with Crippen LogP contribution in [0.1, 0.15) is 27.7 Å². The van der Waals surface area contributed by atoms with Crippen LogP contribution in [0.2, 0.25) is 0 Å². The van der Waals surface area contributed by atoms with E-state index in [4.69, 9.17) is 0 Å². The van der Waals surface area contributed by atoms with Crippen LogP contribution < -0.4 is 12.4 Å². The molecule has 0 aliphatic carbocycles. The van der Waals surface area contributed by atoms with Gasteiger partial charge in [-0.25, -0.2) is 0 Å². The predicted molar refractivity (Wildman–Crippen MR) is 79.6 cm³/mol. The largest absolute Gasteiger partial charge is 2.00 e. The average Bonchev–Trinajstić information content (AvgIpc) is 2.22. The van der Waals surface area contributed by atoms with Gasteiger partial charge < -0.3 is 32.8 Å². The van der Waals surface area contributed by atoms with Gasteiger partial charge in [0.25, 0.3) is 0 Å². The molecular weight excluding hydrogens is 355 g/mol. The van der Waals surface area contributed by atoms with Gasteiger partial charge in [0, 0.05) is 39.3 Å². The van der Waals surface area contributed by atoms with Gasteiger partial charge in [-0.05, 0) is 27.7 Å². The van der Waals surface area contributed by atoms with Crippen molar-refractivity contribution in [2.24, 2.45) is 0 Å². The minimum atomic E-state index is -0.448. The molecule has 8 heteroatoms. The Balaban J connectivity index is -0.00000180. The smallest absolute Gasteiger partial charge is 1.00 e. The zero-order chi connectivity index (χ0) is 15.7. The molecule has 0 aromatic carbocycles. The maximum Gasteiger partial charge on any atom is 2.00 e. The van der Waals surface area contributed by atoms with E-state index in [9.17, 15) is 20.4 Å². The molecule has 0 bridgehead atoms. The zero-order valence-electron chi connectivity index (χ0n) is 13.9. The summed E-state index contributed by atoms with van der Waals surface area (Å²) in [6, 6.07) is 0. The molecule has 0 aliphatic heterocycles. The Morgan fingerprint density at radius 3 is 0.909 bits per heavy atom. The van der Waals surface area contributed by atoms with E-state index in [2.05, 4.69) is 0 Å². The summed E-state index contributed by atoms with van der Waals surface area (Å²) in [5.74, 6) is 0. The molecule has 22 heavy (non-hydrogen) atoms. The van der Waals surface area contributed by atoms with Gasteiger partial charge in [0.15, 0.2) is 0 Å². The predicted octanol–water partition coefficient (Wildman–Crippen LogP) is -3.88. The monoisotopic (exact) mass is 386 g/mol. The van der Waals surface area contributed by atoms with Crippen molar-refractivity contribution in [2.45, 2.75) is 52.1 Å². The Morgan fingerprint density at radius 1 is 0.591 bits per heavy atom. The number of nitrogens with zero attached hydrogens (tertiary/aromatic N) is 2. The number of aliphatic hydroxyl groups excluding tert-OH is 4. The van der Waals surface area contributed by atoms with Crippen molar-refractivity contribution in [1.82, 2.24) is 9.80 Å². The van der Waals surface area contributed by atoms with Crippen LogP contribution in [0.15, 0.2) is 0 Å². The maximum absolute atomic E-state index is 9.47. The number of hydrogen-bond acceptors (Lipinski definition) is 6. The van der Waals surface area contributed by atoms with Crippen molar-refractivity contribution in [3.63, 3.8) is 0 Å². The summed E-state index contributed by atoms with van der Waals surface area (Å²) in [5.41, 5.74) is 0. The summed E-state index contributed by atoms with van der Waals surface area (Å²) in [5, 5.41) is 37.9. The first-order chi connectivity index (χ1) is 9.20. The van der Waals surface area contributed by atoms with Gasteiger partial charge in [0.05, 0.1) is 24.4 Å². The molecule has 4 N–H and O–H groups in total. The fourth-order valence-corrected chi connectivity index (χ4v) is 2.29. The fraction of sp³-hybridized carbons (Fsp3) is 1.00. The van der Waals surface area contributed by atoms with Crippen molar-refractivity contribution in [3.05, 3.63) is 0 Å². The Kier molecular flexibility index (Phi) is 18.8. The first kappa shape index (κ1) is 27.4. The molecule has 4 atom stereocenters. The zero-order valence-corrected chi connectivity index (χ0v) is 15.7. The van der Waals surface area contributed by atoms with Gasteiger partial charge in [-0.1, -0.05) is 0 Å². The SMILES string of the molecule is CC(O)CN(CCN(CC(C)O)CC(C)O)CC(C)O.[Cl-].[Co+2]. The molecule has 0 amide bonds. The number of aliphatic hydroxyl groups is 4. The van der Waals surface area contributed by atoms with Gasteiger partial charge in [0.2, 0.25) is 0 Å². The minimum absolute atomic E-state index is 0. The molecular formula is C14H32ClCoN2O4+. The Morgan fingerprint density at radius 2 is 0.773 bits per heavy atom. The van der Waals surface area contributed by atoms with E-state index in [0.29, 0.717) is 39.3 Å². The van der Waals surface area contributed by atoms with E-state index in [-0.39, 0.29) is 29.2 Å². The van der Waals surface area contributed by atoms with Gasteiger partial charge in [-0.3, -0.25) is 9.80 Å². The minimum Gasteiger partial charge on any atom is -1.00 e. The van der Waals surface area contributed by atoms with Crippen molar-refractivity contribution >= 4 is 0 Å². The summed E-state index contributed by atoms with van der Waals surface area (Å²) in [4.78, 5) is 3.98. The first-order valence-corrected chi connectivity index (χ1v) is 7.37. The molecule has 1 radical (unpaired) electrons. The Bertz CT molecular complexity index is 203. The molecule has 0 heterocycles. The Labute approximate surface area is 151 Å². The molecule has 0 fully saturated rings. The summed E-state index contributed by atoms with van der Waals surface area (Å²) >= 11 is 0. The van der Waals surface area contributed by atoms with Crippen molar-refractivity contribution < 1.29 is 49.6 Å². The van der Waals surface area contributed by atoms with Crippen LogP contribution in [0, 0.1) is 0 Å². The standard InChI is InChI=1S/C14H32N2O4.ClH.Co/c1-11(17)7-15(8-12(2)18)5-6-16(9-13(3)19)10-14(4)20;;/h11-14,17-20H,5-10H2,1-4H3;1H;/q;;+2/p-1. The van der Waals surface area contributed by atoms with E-state index >= 15 is 0 Å². The summed E-state index contributed by atoms with van der Waals surface area (Å²) in [6.07, 6.45) is -1.79. The number of rotatable bonds is 11. The van der Waals surface area contributed by atoms with Gasteiger partial charge in [-0.15, -0.1) is 0 Å². The van der Waals surface area contributed by atoms with E-state index < -0.39 is 24.4 Å². The molecule has 0 saturated heterocycles. The summed E-state index contributed by atoms with van der Waals surface area (Å²) in [7, 11) is 0. The first-order valence-electron chi connectivity index (χ1n) is 7.37. The van der Waals surface area contributed by atoms with Gasteiger partial charge in [-0.2, -0.15) is 0 Å². The van der Waals surface area contributed by atoms with E-state index in [0.717, 1.165) is 0 Å². The number of halogens is 1. The second kappa shape index (κ2) is 15.1. The fourth-order valence-electron chi connectivity index (χ4n) is 2.29. The van der Waals surface area contributed by atoms with E-state index in [1.54, 1.807) is 27.7 Å². The maximum atomic E-state index is 9.47. The normalized spacial score (nSPS) is 16.6. The molecule has 0 aromatic rings. The summed E-state index contributed by atoms with van der Waals surface area (Å²) in [6.45, 7) is 10.2. The Hall–Kier alpha value is 0.556. The molecule has 0 rings (SSSR count). The third-order valence-corrected chi connectivity index (χ3v) is 2.82. The quantitative estimate of drug-likeness (QED) is 0.290. The third-order valence-electron chi connectivity index (χ3n) is 2.82. The number of hydrogen-bond donors (Lipinski definition) is 4. The molecule has 0 aliphatic rings. The van der Waals surface area contributed by atoms with Crippen LogP contribution in [-0.2, 0) is 16.8 Å². The average molecular weight is 387 g/mol. The van der Waals surface area contributed by atoms with Crippen LogP contribution in [-0.4, -0.2) is 93.9 Å². The van der Waals surface area contributed by atoms with E-state index in [1.807, 2.05) is 9.80 Å². The molecule has 6 nitrogen and oxygen atoms in total.